The second-order valence-corrected chi connectivity index (χ2v) is 19.0. The maximum atomic E-state index is 13.1. The van der Waals surface area contributed by atoms with E-state index in [-0.39, 0.29) is 0 Å². The van der Waals surface area contributed by atoms with Crippen LogP contribution in [0.2, 0.25) is 0 Å². The quantitative estimate of drug-likeness (QED) is 0.0643. The van der Waals surface area contributed by atoms with Gasteiger partial charge >= 0.3 is 0 Å². The number of ether oxygens (including phenoxy) is 11. The van der Waals surface area contributed by atoms with Crippen LogP contribution in [0.5, 0.6) is 0 Å². The summed E-state index contributed by atoms with van der Waals surface area (Å²) in [7, 11) is 0. The Hall–Kier alpha value is -2.63. The van der Waals surface area contributed by atoms with Crippen molar-refractivity contribution in [2.24, 2.45) is 0 Å². The highest BCUT2D eigenvalue weighted by Crippen LogP contribution is 2.37. The number of aliphatic hydroxyl groups excluding tert-OH is 15. The molecule has 6 saturated heterocycles. The van der Waals surface area contributed by atoms with E-state index in [4.69, 9.17) is 52.1 Å². The van der Waals surface area contributed by atoms with E-state index in [2.05, 4.69) is 16.0 Å². The maximum absolute atomic E-state index is 13.1. The van der Waals surface area contributed by atoms with Crippen LogP contribution in [-0.2, 0) is 66.5 Å². The van der Waals surface area contributed by atoms with Gasteiger partial charge in [-0.2, -0.15) is 0 Å². The highest BCUT2D eigenvalue weighted by molar-refractivity contribution is 5.74. The lowest BCUT2D eigenvalue weighted by Gasteiger charge is -2.51. The number of carbonyl (C=O) groups excluding carboxylic acids is 3. The zero-order valence-electron chi connectivity index (χ0n) is 40.6. The first-order valence-corrected chi connectivity index (χ1v) is 23.8. The van der Waals surface area contributed by atoms with Crippen LogP contribution in [0.25, 0.3) is 0 Å². The van der Waals surface area contributed by atoms with Gasteiger partial charge in [-0.3, -0.25) is 14.4 Å². The molecule has 74 heavy (non-hydrogen) atoms. The van der Waals surface area contributed by atoms with Gasteiger partial charge in [0.1, 0.15) is 134 Å². The van der Waals surface area contributed by atoms with Crippen molar-refractivity contribution in [3.8, 4) is 0 Å². The van der Waals surface area contributed by atoms with Crippen LogP contribution in [0, 0.1) is 0 Å². The zero-order valence-corrected chi connectivity index (χ0v) is 40.6. The van der Waals surface area contributed by atoms with E-state index >= 15 is 0 Å². The molecular weight excluding hydrogens is 1010 g/mol. The van der Waals surface area contributed by atoms with Crippen molar-refractivity contribution in [3.05, 3.63) is 0 Å². The molecule has 6 fully saturated rings. The van der Waals surface area contributed by atoms with Gasteiger partial charge in [-0.25, -0.2) is 0 Å². The predicted octanol–water partition coefficient (Wildman–Crippen LogP) is -11.6. The summed E-state index contributed by atoms with van der Waals surface area (Å²) in [4.78, 5) is 37.6. The molecule has 6 heterocycles. The normalized spacial score (nSPS) is 49.1. The molecule has 0 aromatic heterocycles. The van der Waals surface area contributed by atoms with Gasteiger partial charge in [0.05, 0.1) is 38.6 Å². The van der Waals surface area contributed by atoms with Crippen molar-refractivity contribution in [2.75, 3.05) is 26.4 Å². The minimum atomic E-state index is -2.07. The summed E-state index contributed by atoms with van der Waals surface area (Å²) < 4.78 is 65.0. The molecule has 32 heteroatoms. The van der Waals surface area contributed by atoms with Crippen molar-refractivity contribution in [3.63, 3.8) is 0 Å². The van der Waals surface area contributed by atoms with Crippen LogP contribution in [0.3, 0.4) is 0 Å². The van der Waals surface area contributed by atoms with Gasteiger partial charge in [0.15, 0.2) is 37.7 Å². The third-order valence-corrected chi connectivity index (χ3v) is 13.5. The largest absolute Gasteiger partial charge is 0.394 e. The summed E-state index contributed by atoms with van der Waals surface area (Å²) in [6, 6.07) is -4.93. The van der Waals surface area contributed by atoms with Crippen LogP contribution in [0.4, 0.5) is 0 Å². The highest BCUT2D eigenvalue weighted by atomic mass is 16.8. The minimum absolute atomic E-state index is 0.737. The smallest absolute Gasteiger partial charge is 0.217 e. The molecule has 0 bridgehead atoms. The Morgan fingerprint density at radius 2 is 0.811 bits per heavy atom. The number of amides is 3. The van der Waals surface area contributed by atoms with Crippen LogP contribution in [0.15, 0.2) is 0 Å². The van der Waals surface area contributed by atoms with Crippen LogP contribution < -0.4 is 16.0 Å². The Bertz CT molecular complexity index is 1830. The number of rotatable bonds is 17. The first-order valence-electron chi connectivity index (χ1n) is 23.8. The summed E-state index contributed by atoms with van der Waals surface area (Å²) in [6.45, 7) is 2.06. The summed E-state index contributed by atoms with van der Waals surface area (Å²) in [5, 5.41) is 169. The summed E-state index contributed by atoms with van der Waals surface area (Å²) >= 11 is 0. The van der Waals surface area contributed by atoms with E-state index in [9.17, 15) is 91.0 Å². The summed E-state index contributed by atoms with van der Waals surface area (Å²) in [5.74, 6) is -2.34. The predicted molar refractivity (Wildman–Crippen MR) is 231 cm³/mol. The molecule has 6 rings (SSSR count). The molecule has 30 atom stereocenters. The molecule has 18 N–H and O–H groups in total. The third kappa shape index (κ3) is 13.3. The Kier molecular flexibility index (Phi) is 21.2. The summed E-state index contributed by atoms with van der Waals surface area (Å²) in [5.41, 5.74) is 0. The van der Waals surface area contributed by atoms with Gasteiger partial charge in [0.25, 0.3) is 0 Å². The fourth-order valence-electron chi connectivity index (χ4n) is 9.49. The Labute approximate surface area is 421 Å². The fourth-order valence-corrected chi connectivity index (χ4v) is 9.49. The Balaban J connectivity index is 1.33. The average molecular weight is 1080 g/mol. The van der Waals surface area contributed by atoms with Gasteiger partial charge in [-0.1, -0.05) is 0 Å². The molecule has 0 aromatic carbocycles. The standard InChI is InChI=1S/C42H71N3O29/c1-10-22(52)28(58)31(61)40(65-10)73-35-21(45-14(5)51)38(70-17(8-48)33(35)71-42-36(30(60)25(55)16(7-47)69-42)74-41-32(62)29(59)23(53)11(2)66-41)64-9-18-26(56)34(20(37(63)67-18)44-13(4)50)72-39-19(43-12(3)49)27(57)24(54)15(6-46)68-39/h10-11,15-42,46-48,52-63H,6-9H2,1-5H3,(H,43,49)(H,44,50)(H,45,51)/t10-,11-,15+,16+,17+,18+,19+,20+,21+,22+,23+,24+,25-,26-,27+,28+,29+,30-,31-,32-,33+,34+,35+,36+,37?,38+,39-,40-,41-,42-/m0/s1. The van der Waals surface area contributed by atoms with Gasteiger partial charge in [-0.05, 0) is 13.8 Å². The monoisotopic (exact) mass is 1080 g/mol. The molecule has 6 aliphatic heterocycles. The molecule has 0 spiro atoms. The molecule has 3 amide bonds. The molecule has 0 aromatic rings. The van der Waals surface area contributed by atoms with E-state index in [0.29, 0.717) is 0 Å². The van der Waals surface area contributed by atoms with E-state index in [1.165, 1.54) is 13.8 Å². The van der Waals surface area contributed by atoms with Gasteiger partial charge in [-0.15, -0.1) is 0 Å². The number of nitrogens with one attached hydrogen (secondary N) is 3. The van der Waals surface area contributed by atoms with E-state index < -0.39 is 228 Å². The minimum Gasteiger partial charge on any atom is -0.394 e. The van der Waals surface area contributed by atoms with Crippen molar-refractivity contribution < 1.29 is 143 Å². The average Bonchev–Trinajstić information content (AvgIpc) is 3.35. The van der Waals surface area contributed by atoms with Gasteiger partial charge in [0.2, 0.25) is 17.7 Å². The Morgan fingerprint density at radius 3 is 1.32 bits per heavy atom. The SMILES string of the molecule is CC(=O)N[C@H]1[C@H](O[C@H]2[C@@H](O)[C@@H](CO[C@@H]3O[C@H](CO)[C@@H](O[C@@H]4O[C@H](CO)[C@H](O)[C@H](O)[C@H]4O[C@@H]4O[C@@H](C)[C@@H](O)[C@@H](O)[C@@H]4O)[C@H](O[C@@H]4O[C@@H](C)[C@@H](O)[C@@H](O)[C@@H]4O)[C@H]3NC(C)=O)OC(O)[C@@H]2NC(C)=O)O[C@H](CO)[C@@H](O)[C@@H]1O. The molecule has 32 nitrogen and oxygen atoms in total. The van der Waals surface area contributed by atoms with Crippen LogP contribution >= 0.6 is 0 Å². The van der Waals surface area contributed by atoms with Gasteiger partial charge in [0, 0.05) is 20.8 Å². The molecule has 6 aliphatic rings. The first-order chi connectivity index (χ1) is 34.8. The van der Waals surface area contributed by atoms with Crippen molar-refractivity contribution in [2.45, 2.75) is 219 Å². The number of hydrogen-bond acceptors (Lipinski definition) is 29. The zero-order chi connectivity index (χ0) is 54.8. The Morgan fingerprint density at radius 1 is 0.378 bits per heavy atom. The lowest BCUT2D eigenvalue weighted by molar-refractivity contribution is -0.393. The highest BCUT2D eigenvalue weighted by Gasteiger charge is 2.58. The third-order valence-electron chi connectivity index (χ3n) is 13.5. The molecule has 0 aliphatic carbocycles. The molecule has 1 unspecified atom stereocenters. The maximum Gasteiger partial charge on any atom is 0.217 e. The van der Waals surface area contributed by atoms with E-state index in [1.807, 2.05) is 0 Å². The number of carbonyl (C=O) groups is 3. The van der Waals surface area contributed by atoms with Crippen molar-refractivity contribution in [1.29, 1.82) is 0 Å². The number of hydrogen-bond donors (Lipinski definition) is 18. The van der Waals surface area contributed by atoms with Gasteiger partial charge < -0.3 is 145 Å². The second-order valence-electron chi connectivity index (χ2n) is 19.0. The molecule has 0 saturated carbocycles. The van der Waals surface area contributed by atoms with Crippen LogP contribution in [-0.4, -0.2) is 305 Å². The lowest BCUT2D eigenvalue weighted by Crippen LogP contribution is -2.71. The van der Waals surface area contributed by atoms with Crippen molar-refractivity contribution in [1.82, 2.24) is 16.0 Å². The topological polar surface area (TPSA) is 492 Å². The first kappa shape index (κ1) is 60.6. The fraction of sp³-hybridized carbons (Fsp3) is 0.929. The number of aliphatic hydroxyl groups is 15. The van der Waals surface area contributed by atoms with E-state index in [0.717, 1.165) is 20.8 Å². The summed E-state index contributed by atoms with van der Waals surface area (Å²) in [6.07, 6.45) is -48.6. The molecular formula is C42H71N3O29. The second kappa shape index (κ2) is 25.9. The van der Waals surface area contributed by atoms with E-state index in [1.54, 1.807) is 0 Å². The molecule has 0 radical (unpaired) electrons. The lowest BCUT2D eigenvalue weighted by atomic mass is 9.93. The van der Waals surface area contributed by atoms with Crippen LogP contribution in [0.1, 0.15) is 34.6 Å². The molecule has 428 valence electrons. The van der Waals surface area contributed by atoms with Crippen molar-refractivity contribution >= 4 is 17.7 Å².